The number of imidazole rings is 1. The summed E-state index contributed by atoms with van der Waals surface area (Å²) in [4.78, 5) is 15.6. The van der Waals surface area contributed by atoms with Crippen LogP contribution in [-0.2, 0) is 12.7 Å². The lowest BCUT2D eigenvalue weighted by atomic mass is 10.1. The number of fused-ring (bicyclic) bond motifs is 2. The van der Waals surface area contributed by atoms with Gasteiger partial charge < -0.3 is 13.7 Å². The van der Waals surface area contributed by atoms with E-state index in [1.54, 1.807) is 30.3 Å². The van der Waals surface area contributed by atoms with E-state index in [0.29, 0.717) is 22.2 Å². The van der Waals surface area contributed by atoms with E-state index in [-0.39, 0.29) is 17.6 Å². The number of aromatic nitrogens is 2. The van der Waals surface area contributed by atoms with Crippen molar-refractivity contribution in [3.63, 3.8) is 0 Å². The monoisotopic (exact) mass is 374 g/mol. The molecule has 0 unspecified atom stereocenters. The fraction of sp³-hybridized carbons (Fsp3) is 0.158. The van der Waals surface area contributed by atoms with E-state index >= 15 is 0 Å². The highest BCUT2D eigenvalue weighted by atomic mass is 19.4. The van der Waals surface area contributed by atoms with Crippen LogP contribution in [0.5, 0.6) is 5.75 Å². The molecule has 2 heterocycles. The van der Waals surface area contributed by atoms with E-state index in [1.807, 2.05) is 0 Å². The highest BCUT2D eigenvalue weighted by Crippen LogP contribution is 2.33. The number of rotatable bonds is 3. The quantitative estimate of drug-likeness (QED) is 0.504. The Balaban J connectivity index is 1.94. The normalized spacial score (nSPS) is 12.0. The first kappa shape index (κ1) is 17.1. The predicted molar refractivity (Wildman–Crippen MR) is 92.9 cm³/mol. The number of nitrogens with zero attached hydrogens (tertiary/aromatic N) is 2. The Labute approximate surface area is 150 Å². The van der Waals surface area contributed by atoms with E-state index in [0.717, 1.165) is 4.57 Å². The van der Waals surface area contributed by atoms with Crippen LogP contribution in [-0.4, -0.2) is 16.7 Å². The van der Waals surface area contributed by atoms with Crippen LogP contribution in [0.2, 0.25) is 0 Å². The summed E-state index contributed by atoms with van der Waals surface area (Å²) in [5.41, 5.74) is 0.564. The molecule has 0 aliphatic carbocycles. The largest absolute Gasteiger partial charge is 0.497 e. The van der Waals surface area contributed by atoms with Gasteiger partial charge in [-0.2, -0.15) is 13.2 Å². The zero-order valence-electron chi connectivity index (χ0n) is 14.1. The maximum atomic E-state index is 13.5. The lowest BCUT2D eigenvalue weighted by Crippen LogP contribution is -2.16. The fourth-order valence-electron chi connectivity index (χ4n) is 3.09. The van der Waals surface area contributed by atoms with E-state index in [4.69, 9.17) is 9.15 Å². The van der Waals surface area contributed by atoms with Crippen molar-refractivity contribution in [1.29, 1.82) is 0 Å². The Morgan fingerprint density at radius 3 is 2.67 bits per heavy atom. The molecule has 0 saturated heterocycles. The second-order valence-corrected chi connectivity index (χ2v) is 5.96. The molecule has 0 aliphatic heterocycles. The van der Waals surface area contributed by atoms with Crippen molar-refractivity contribution in [2.24, 2.45) is 0 Å². The van der Waals surface area contributed by atoms with Gasteiger partial charge >= 0.3 is 11.8 Å². The molecule has 0 N–H and O–H groups in total. The summed E-state index contributed by atoms with van der Waals surface area (Å²) in [5.74, 6) is -0.537. The van der Waals surface area contributed by atoms with Crippen LogP contribution in [0.15, 0.2) is 57.7 Å². The molecule has 2 aromatic carbocycles. The van der Waals surface area contributed by atoms with Gasteiger partial charge in [-0.1, -0.05) is 12.1 Å². The third-order valence-corrected chi connectivity index (χ3v) is 4.27. The van der Waals surface area contributed by atoms with Crippen molar-refractivity contribution in [2.75, 3.05) is 7.11 Å². The Morgan fingerprint density at radius 1 is 1.15 bits per heavy atom. The molecule has 0 bridgehead atoms. The Bertz CT molecular complexity index is 1210. The van der Waals surface area contributed by atoms with Crippen LogP contribution in [0.25, 0.3) is 22.0 Å². The first-order chi connectivity index (χ1) is 12.9. The van der Waals surface area contributed by atoms with Crippen LogP contribution in [0.1, 0.15) is 11.4 Å². The summed E-state index contributed by atoms with van der Waals surface area (Å²) in [6.07, 6.45) is -4.63. The van der Waals surface area contributed by atoms with Gasteiger partial charge in [0.1, 0.15) is 11.3 Å². The van der Waals surface area contributed by atoms with Gasteiger partial charge in [0.15, 0.2) is 0 Å². The highest BCUT2D eigenvalue weighted by molar-refractivity contribution is 5.82. The number of ether oxygens (including phenoxy) is 1. The van der Waals surface area contributed by atoms with Crippen molar-refractivity contribution in [3.8, 4) is 5.75 Å². The number of benzene rings is 2. The molecule has 0 aliphatic rings. The molecule has 4 aromatic rings. The number of hydrogen-bond acceptors (Lipinski definition) is 4. The van der Waals surface area contributed by atoms with Crippen molar-refractivity contribution in [2.45, 2.75) is 12.7 Å². The summed E-state index contributed by atoms with van der Waals surface area (Å²) < 4.78 is 51.8. The lowest BCUT2D eigenvalue weighted by molar-refractivity contribution is -0.146. The SMILES string of the molecule is COc1ccc2c(Cn3c(C(F)(F)F)nc4ccccc43)cc(=O)oc2c1. The third-order valence-electron chi connectivity index (χ3n) is 4.27. The van der Waals surface area contributed by atoms with Crippen molar-refractivity contribution >= 4 is 22.0 Å². The average Bonchev–Trinajstić information content (AvgIpc) is 3.00. The third kappa shape index (κ3) is 3.03. The van der Waals surface area contributed by atoms with Gasteiger partial charge in [-0.3, -0.25) is 0 Å². The molecule has 4 rings (SSSR count). The van der Waals surface area contributed by atoms with Crippen LogP contribution >= 0.6 is 0 Å². The molecule has 0 saturated carbocycles. The molecule has 8 heteroatoms. The molecule has 0 amide bonds. The van der Waals surface area contributed by atoms with Gasteiger partial charge in [0.25, 0.3) is 0 Å². The molecule has 0 radical (unpaired) electrons. The number of hydrogen-bond donors (Lipinski definition) is 0. The standard InChI is InChI=1S/C19H13F3N2O3/c1-26-12-6-7-13-11(8-17(25)27-16(13)9-12)10-24-15-5-3-2-4-14(15)23-18(24)19(20,21)22/h2-9H,10H2,1H3. The van der Waals surface area contributed by atoms with E-state index < -0.39 is 17.6 Å². The molecule has 5 nitrogen and oxygen atoms in total. The molecule has 0 atom stereocenters. The Kier molecular flexibility index (Phi) is 3.91. The summed E-state index contributed by atoms with van der Waals surface area (Å²) >= 11 is 0. The summed E-state index contributed by atoms with van der Waals surface area (Å²) in [7, 11) is 1.47. The van der Waals surface area contributed by atoms with Crippen LogP contribution in [0.4, 0.5) is 13.2 Å². The second kappa shape index (κ2) is 6.15. The van der Waals surface area contributed by atoms with Crippen LogP contribution in [0, 0.1) is 0 Å². The van der Waals surface area contributed by atoms with E-state index in [2.05, 4.69) is 4.98 Å². The minimum absolute atomic E-state index is 0.177. The van der Waals surface area contributed by atoms with Crippen LogP contribution in [0.3, 0.4) is 0 Å². The number of alkyl halides is 3. The zero-order valence-corrected chi connectivity index (χ0v) is 14.1. The molecule has 27 heavy (non-hydrogen) atoms. The van der Waals surface area contributed by atoms with Gasteiger partial charge in [0, 0.05) is 17.5 Å². The number of halogens is 3. The molecule has 2 aromatic heterocycles. The van der Waals surface area contributed by atoms with Gasteiger partial charge in [-0.15, -0.1) is 0 Å². The van der Waals surface area contributed by atoms with E-state index in [1.165, 1.54) is 25.3 Å². The minimum Gasteiger partial charge on any atom is -0.497 e. The minimum atomic E-state index is -4.63. The molecule has 138 valence electrons. The fourth-order valence-corrected chi connectivity index (χ4v) is 3.09. The second-order valence-electron chi connectivity index (χ2n) is 5.96. The van der Waals surface area contributed by atoms with Gasteiger partial charge in [0.05, 0.1) is 24.7 Å². The van der Waals surface area contributed by atoms with Crippen molar-refractivity contribution in [3.05, 3.63) is 70.3 Å². The Morgan fingerprint density at radius 2 is 1.93 bits per heavy atom. The van der Waals surface area contributed by atoms with Gasteiger partial charge in [0.2, 0.25) is 5.82 Å². The van der Waals surface area contributed by atoms with Crippen molar-refractivity contribution in [1.82, 2.24) is 9.55 Å². The van der Waals surface area contributed by atoms with Gasteiger partial charge in [-0.05, 0) is 29.8 Å². The summed E-state index contributed by atoms with van der Waals surface area (Å²) in [6, 6.07) is 12.4. The van der Waals surface area contributed by atoms with Gasteiger partial charge in [-0.25, -0.2) is 9.78 Å². The van der Waals surface area contributed by atoms with E-state index in [9.17, 15) is 18.0 Å². The lowest BCUT2D eigenvalue weighted by Gasteiger charge is -2.13. The molecule has 0 fully saturated rings. The first-order valence-corrected chi connectivity index (χ1v) is 8.00. The topological polar surface area (TPSA) is 57.3 Å². The molecular weight excluding hydrogens is 361 g/mol. The first-order valence-electron chi connectivity index (χ1n) is 8.00. The smallest absolute Gasteiger partial charge is 0.449 e. The van der Waals surface area contributed by atoms with Crippen LogP contribution < -0.4 is 10.4 Å². The Hall–Kier alpha value is -3.29. The highest BCUT2D eigenvalue weighted by Gasteiger charge is 2.37. The maximum Gasteiger partial charge on any atom is 0.449 e. The number of methoxy groups -OCH3 is 1. The number of para-hydroxylation sites is 2. The average molecular weight is 374 g/mol. The molecular formula is C19H13F3N2O3. The summed E-state index contributed by atoms with van der Waals surface area (Å²) in [5, 5.41) is 0.529. The zero-order chi connectivity index (χ0) is 19.2. The predicted octanol–water partition coefficient (Wildman–Crippen LogP) is 4.22. The maximum absolute atomic E-state index is 13.5. The molecule has 0 spiro atoms. The summed E-state index contributed by atoms with van der Waals surface area (Å²) in [6.45, 7) is -0.177. The van der Waals surface area contributed by atoms with Crippen molar-refractivity contribution < 1.29 is 22.3 Å².